The number of hydrogen-bond donors (Lipinski definition) is 0. The summed E-state index contributed by atoms with van der Waals surface area (Å²) in [5.41, 5.74) is 1.84. The molecule has 1 saturated heterocycles. The van der Waals surface area contributed by atoms with Crippen LogP contribution in [0.2, 0.25) is 0 Å². The molecule has 4 rings (SSSR count). The number of aryl methyl sites for hydroxylation is 1. The van der Waals surface area contributed by atoms with Crippen molar-refractivity contribution in [2.45, 2.75) is 37.1 Å². The van der Waals surface area contributed by atoms with Gasteiger partial charge in [0.25, 0.3) is 0 Å². The SMILES string of the molecule is COc1ccccc1-n1c(SCc2cc(C)on2)nnc1N1CCCCC1. The highest BCUT2D eigenvalue weighted by molar-refractivity contribution is 7.98. The van der Waals surface area contributed by atoms with Crippen LogP contribution in [0.5, 0.6) is 5.75 Å². The average molecular weight is 385 g/mol. The van der Waals surface area contributed by atoms with Crippen LogP contribution in [0.4, 0.5) is 5.95 Å². The lowest BCUT2D eigenvalue weighted by molar-refractivity contribution is 0.393. The van der Waals surface area contributed by atoms with E-state index in [-0.39, 0.29) is 0 Å². The lowest BCUT2D eigenvalue weighted by Crippen LogP contribution is -2.31. The van der Waals surface area contributed by atoms with Crippen LogP contribution in [0.15, 0.2) is 40.0 Å². The molecule has 27 heavy (non-hydrogen) atoms. The van der Waals surface area contributed by atoms with Crippen LogP contribution in [-0.2, 0) is 5.75 Å². The van der Waals surface area contributed by atoms with Gasteiger partial charge in [0.15, 0.2) is 5.16 Å². The number of para-hydroxylation sites is 2. The molecule has 0 atom stereocenters. The quantitative estimate of drug-likeness (QED) is 0.597. The molecule has 0 N–H and O–H groups in total. The predicted molar refractivity (Wildman–Crippen MR) is 105 cm³/mol. The van der Waals surface area contributed by atoms with E-state index in [0.717, 1.165) is 47.1 Å². The number of hydrogen-bond acceptors (Lipinski definition) is 7. The van der Waals surface area contributed by atoms with Gasteiger partial charge < -0.3 is 14.2 Å². The maximum Gasteiger partial charge on any atom is 0.232 e. The molecule has 1 aromatic carbocycles. The fourth-order valence-corrected chi connectivity index (χ4v) is 4.12. The Morgan fingerprint density at radius 3 is 2.70 bits per heavy atom. The molecule has 7 nitrogen and oxygen atoms in total. The number of piperidine rings is 1. The minimum atomic E-state index is 0.671. The summed E-state index contributed by atoms with van der Waals surface area (Å²) in [6, 6.07) is 9.93. The third-order valence-corrected chi connectivity index (χ3v) is 5.57. The van der Waals surface area contributed by atoms with Gasteiger partial charge in [-0.2, -0.15) is 0 Å². The Morgan fingerprint density at radius 2 is 1.96 bits per heavy atom. The fourth-order valence-electron chi connectivity index (χ4n) is 3.30. The monoisotopic (exact) mass is 385 g/mol. The zero-order valence-electron chi connectivity index (χ0n) is 15.6. The first-order valence-corrected chi connectivity index (χ1v) is 10.1. The van der Waals surface area contributed by atoms with Crippen molar-refractivity contribution in [2.75, 3.05) is 25.1 Å². The fraction of sp³-hybridized carbons (Fsp3) is 0.421. The van der Waals surface area contributed by atoms with Crippen LogP contribution in [0.3, 0.4) is 0 Å². The molecule has 142 valence electrons. The number of thioether (sulfide) groups is 1. The predicted octanol–water partition coefficient (Wildman–Crippen LogP) is 3.85. The van der Waals surface area contributed by atoms with Crippen molar-refractivity contribution in [1.29, 1.82) is 0 Å². The molecule has 0 amide bonds. The summed E-state index contributed by atoms with van der Waals surface area (Å²) in [5, 5.41) is 13.9. The molecule has 0 radical (unpaired) electrons. The minimum Gasteiger partial charge on any atom is -0.495 e. The molecule has 8 heteroatoms. The van der Waals surface area contributed by atoms with Crippen molar-refractivity contribution in [1.82, 2.24) is 19.9 Å². The second kappa shape index (κ2) is 8.04. The Labute approximate surface area is 162 Å². The van der Waals surface area contributed by atoms with Gasteiger partial charge in [-0.25, -0.2) is 0 Å². The molecular formula is C19H23N5O2S. The van der Waals surface area contributed by atoms with Gasteiger partial charge in [0.2, 0.25) is 5.95 Å². The van der Waals surface area contributed by atoms with Gasteiger partial charge in [-0.1, -0.05) is 29.1 Å². The smallest absolute Gasteiger partial charge is 0.232 e. The van der Waals surface area contributed by atoms with Gasteiger partial charge in [0.05, 0.1) is 18.5 Å². The van der Waals surface area contributed by atoms with Crippen molar-refractivity contribution >= 4 is 17.7 Å². The first-order chi connectivity index (χ1) is 13.3. The minimum absolute atomic E-state index is 0.671. The number of benzene rings is 1. The Morgan fingerprint density at radius 1 is 1.15 bits per heavy atom. The van der Waals surface area contributed by atoms with Crippen LogP contribution in [0.1, 0.15) is 30.7 Å². The zero-order valence-corrected chi connectivity index (χ0v) is 16.4. The molecule has 0 aliphatic carbocycles. The van der Waals surface area contributed by atoms with Crippen LogP contribution < -0.4 is 9.64 Å². The summed E-state index contributed by atoms with van der Waals surface area (Å²) < 4.78 is 12.9. The first-order valence-electron chi connectivity index (χ1n) is 9.15. The molecule has 3 heterocycles. The summed E-state index contributed by atoms with van der Waals surface area (Å²) in [5.74, 6) is 3.16. The van der Waals surface area contributed by atoms with Gasteiger partial charge in [-0.15, -0.1) is 10.2 Å². The number of anilines is 1. The molecule has 0 bridgehead atoms. The number of methoxy groups -OCH3 is 1. The Kier molecular flexibility index (Phi) is 5.33. The van der Waals surface area contributed by atoms with Crippen molar-refractivity contribution in [3.05, 3.63) is 41.8 Å². The van der Waals surface area contributed by atoms with Crippen LogP contribution in [-0.4, -0.2) is 40.1 Å². The molecule has 0 saturated carbocycles. The van der Waals surface area contributed by atoms with E-state index < -0.39 is 0 Å². The van der Waals surface area contributed by atoms with Crippen LogP contribution in [0, 0.1) is 6.92 Å². The van der Waals surface area contributed by atoms with Crippen LogP contribution >= 0.6 is 11.8 Å². The van der Waals surface area contributed by atoms with E-state index in [1.165, 1.54) is 19.3 Å². The largest absolute Gasteiger partial charge is 0.495 e. The highest BCUT2D eigenvalue weighted by Gasteiger charge is 2.23. The van der Waals surface area contributed by atoms with E-state index in [0.29, 0.717) is 5.75 Å². The number of rotatable bonds is 6. The van der Waals surface area contributed by atoms with Crippen LogP contribution in [0.25, 0.3) is 5.69 Å². The van der Waals surface area contributed by atoms with Crippen molar-refractivity contribution in [3.8, 4) is 11.4 Å². The second-order valence-corrected chi connectivity index (χ2v) is 7.50. The van der Waals surface area contributed by atoms with E-state index in [9.17, 15) is 0 Å². The molecule has 3 aromatic rings. The van der Waals surface area contributed by atoms with E-state index >= 15 is 0 Å². The third-order valence-electron chi connectivity index (χ3n) is 4.61. The normalized spacial score (nSPS) is 14.5. The maximum absolute atomic E-state index is 5.60. The van der Waals surface area contributed by atoms with Gasteiger partial charge in [0, 0.05) is 24.9 Å². The molecule has 1 aliphatic heterocycles. The summed E-state index contributed by atoms with van der Waals surface area (Å²) in [6.45, 7) is 3.90. The molecular weight excluding hydrogens is 362 g/mol. The molecule has 2 aromatic heterocycles. The summed E-state index contributed by atoms with van der Waals surface area (Å²) in [6.07, 6.45) is 3.63. The number of ether oxygens (including phenoxy) is 1. The standard InChI is InChI=1S/C19H23N5O2S/c1-14-12-15(22-26-14)13-27-19-21-20-18(23-10-6-3-7-11-23)24(19)16-8-4-5-9-17(16)25-2/h4-5,8-9,12H,3,6-7,10-11,13H2,1-2H3. The maximum atomic E-state index is 5.60. The second-order valence-electron chi connectivity index (χ2n) is 6.56. The Balaban J connectivity index is 1.70. The van der Waals surface area contributed by atoms with E-state index in [2.05, 4.69) is 24.8 Å². The summed E-state index contributed by atoms with van der Waals surface area (Å²) >= 11 is 1.60. The highest BCUT2D eigenvalue weighted by Crippen LogP contribution is 2.33. The van der Waals surface area contributed by atoms with E-state index in [4.69, 9.17) is 9.26 Å². The van der Waals surface area contributed by atoms with Crippen molar-refractivity contribution in [2.24, 2.45) is 0 Å². The Bertz CT molecular complexity index is 901. The van der Waals surface area contributed by atoms with Gasteiger partial charge >= 0.3 is 0 Å². The topological polar surface area (TPSA) is 69.2 Å². The van der Waals surface area contributed by atoms with Gasteiger partial charge in [-0.05, 0) is 38.3 Å². The summed E-state index contributed by atoms with van der Waals surface area (Å²) in [4.78, 5) is 2.31. The van der Waals surface area contributed by atoms with Crippen molar-refractivity contribution in [3.63, 3.8) is 0 Å². The van der Waals surface area contributed by atoms with E-state index in [1.54, 1.807) is 18.9 Å². The number of nitrogens with zero attached hydrogens (tertiary/aromatic N) is 5. The number of aromatic nitrogens is 4. The molecule has 0 unspecified atom stereocenters. The van der Waals surface area contributed by atoms with Gasteiger partial charge in [0.1, 0.15) is 11.5 Å². The molecule has 1 fully saturated rings. The zero-order chi connectivity index (χ0) is 18.6. The third kappa shape index (κ3) is 3.80. The lowest BCUT2D eigenvalue weighted by atomic mass is 10.1. The van der Waals surface area contributed by atoms with E-state index in [1.807, 2.05) is 37.3 Å². The van der Waals surface area contributed by atoms with Gasteiger partial charge in [-0.3, -0.25) is 4.57 Å². The molecule has 0 spiro atoms. The first kappa shape index (κ1) is 17.9. The lowest BCUT2D eigenvalue weighted by Gasteiger charge is -2.28. The highest BCUT2D eigenvalue weighted by atomic mass is 32.2. The molecule has 1 aliphatic rings. The Hall–Kier alpha value is -2.48. The van der Waals surface area contributed by atoms with Crippen molar-refractivity contribution < 1.29 is 9.26 Å². The summed E-state index contributed by atoms with van der Waals surface area (Å²) in [7, 11) is 1.69. The average Bonchev–Trinajstić information content (AvgIpc) is 3.33.